The van der Waals surface area contributed by atoms with Crippen molar-refractivity contribution in [2.75, 3.05) is 0 Å². The number of benzene rings is 1. The van der Waals surface area contributed by atoms with Crippen molar-refractivity contribution in [3.8, 4) is 11.3 Å². The van der Waals surface area contributed by atoms with Crippen molar-refractivity contribution in [2.45, 2.75) is 51.0 Å². The molecule has 1 aromatic carbocycles. The van der Waals surface area contributed by atoms with Gasteiger partial charge in [-0.1, -0.05) is 51.0 Å². The average molecular weight is 286 g/mol. The van der Waals surface area contributed by atoms with Crippen LogP contribution in [0, 0.1) is 0 Å². The van der Waals surface area contributed by atoms with Crippen molar-refractivity contribution in [1.29, 1.82) is 0 Å². The van der Waals surface area contributed by atoms with E-state index < -0.39 is 0 Å². The van der Waals surface area contributed by atoms with E-state index in [1.165, 1.54) is 24.0 Å². The fourth-order valence-electron chi connectivity index (χ4n) is 2.89. The highest BCUT2D eigenvalue weighted by molar-refractivity contribution is 7.10. The largest absolute Gasteiger partial charge is 0.319 e. The van der Waals surface area contributed by atoms with Gasteiger partial charge in [-0.3, -0.25) is 0 Å². The first kappa shape index (κ1) is 13.8. The van der Waals surface area contributed by atoms with E-state index in [0.29, 0.717) is 5.92 Å². The van der Waals surface area contributed by atoms with Crippen LogP contribution < -0.4 is 5.73 Å². The van der Waals surface area contributed by atoms with Gasteiger partial charge >= 0.3 is 0 Å². The van der Waals surface area contributed by atoms with Gasteiger partial charge in [0.05, 0.1) is 11.2 Å². The van der Waals surface area contributed by atoms with Crippen molar-refractivity contribution in [3.05, 3.63) is 40.2 Å². The van der Waals surface area contributed by atoms with Crippen LogP contribution in [0.4, 0.5) is 0 Å². The molecule has 0 radical (unpaired) electrons. The van der Waals surface area contributed by atoms with Crippen molar-refractivity contribution in [3.63, 3.8) is 0 Å². The minimum atomic E-state index is -0.166. The van der Waals surface area contributed by atoms with E-state index in [1.807, 2.05) is 0 Å². The van der Waals surface area contributed by atoms with Gasteiger partial charge in [-0.25, -0.2) is 4.98 Å². The molecule has 0 unspecified atom stereocenters. The maximum absolute atomic E-state index is 6.48. The standard InChI is InChI=1S/C17H22N2S/c1-12(2)13-5-7-14(8-6-13)15-11-20-16(19-15)17(18)9-3-4-10-17/h5-8,11-12H,3-4,9-10,18H2,1-2H3. The number of nitrogens with zero attached hydrogens (tertiary/aromatic N) is 1. The summed E-state index contributed by atoms with van der Waals surface area (Å²) in [5.74, 6) is 0.570. The predicted molar refractivity (Wildman–Crippen MR) is 86.0 cm³/mol. The number of aromatic nitrogens is 1. The van der Waals surface area contributed by atoms with Crippen LogP contribution in [-0.2, 0) is 5.54 Å². The Balaban J connectivity index is 1.86. The molecule has 1 heterocycles. The molecule has 1 aromatic heterocycles. The highest BCUT2D eigenvalue weighted by Crippen LogP contribution is 2.39. The second-order valence-corrected chi connectivity index (χ2v) is 7.04. The van der Waals surface area contributed by atoms with Gasteiger partial charge in [0.1, 0.15) is 5.01 Å². The fourth-order valence-corrected chi connectivity index (χ4v) is 3.90. The van der Waals surface area contributed by atoms with Crippen LogP contribution in [0.3, 0.4) is 0 Å². The number of hydrogen-bond donors (Lipinski definition) is 1. The minimum Gasteiger partial charge on any atom is -0.319 e. The van der Waals surface area contributed by atoms with Crippen molar-refractivity contribution < 1.29 is 0 Å². The second-order valence-electron chi connectivity index (χ2n) is 6.18. The molecule has 1 fully saturated rings. The molecule has 1 aliphatic rings. The Hall–Kier alpha value is -1.19. The highest BCUT2D eigenvalue weighted by Gasteiger charge is 2.34. The molecule has 20 heavy (non-hydrogen) atoms. The van der Waals surface area contributed by atoms with Gasteiger partial charge in [0.15, 0.2) is 0 Å². The van der Waals surface area contributed by atoms with Crippen LogP contribution in [-0.4, -0.2) is 4.98 Å². The topological polar surface area (TPSA) is 38.9 Å². The highest BCUT2D eigenvalue weighted by atomic mass is 32.1. The summed E-state index contributed by atoms with van der Waals surface area (Å²) in [5, 5.41) is 3.25. The van der Waals surface area contributed by atoms with E-state index in [2.05, 4.69) is 43.5 Å². The number of nitrogens with two attached hydrogens (primary N) is 1. The second kappa shape index (κ2) is 5.30. The molecule has 0 bridgehead atoms. The Kier molecular flexibility index (Phi) is 3.65. The molecule has 0 spiro atoms. The molecule has 1 saturated carbocycles. The maximum Gasteiger partial charge on any atom is 0.113 e. The van der Waals surface area contributed by atoms with Crippen LogP contribution in [0.2, 0.25) is 0 Å². The summed E-state index contributed by atoms with van der Waals surface area (Å²) >= 11 is 1.71. The Bertz CT molecular complexity index is 577. The first-order valence-electron chi connectivity index (χ1n) is 7.44. The molecule has 2 nitrogen and oxygen atoms in total. The summed E-state index contributed by atoms with van der Waals surface area (Å²) in [6.45, 7) is 4.43. The molecule has 2 aromatic rings. The van der Waals surface area contributed by atoms with Gasteiger partial charge in [0.2, 0.25) is 0 Å². The van der Waals surface area contributed by atoms with Gasteiger partial charge in [0, 0.05) is 10.9 Å². The smallest absolute Gasteiger partial charge is 0.113 e. The van der Waals surface area contributed by atoms with Gasteiger partial charge in [-0.2, -0.15) is 0 Å². The summed E-state index contributed by atoms with van der Waals surface area (Å²) in [7, 11) is 0. The van der Waals surface area contributed by atoms with Crippen molar-refractivity contribution in [2.24, 2.45) is 5.73 Å². The molecule has 3 heteroatoms. The molecule has 1 aliphatic carbocycles. The van der Waals surface area contributed by atoms with Gasteiger partial charge in [0.25, 0.3) is 0 Å². The number of hydrogen-bond acceptors (Lipinski definition) is 3. The maximum atomic E-state index is 6.48. The van der Waals surface area contributed by atoms with Gasteiger partial charge in [-0.05, 0) is 24.3 Å². The van der Waals surface area contributed by atoms with E-state index in [9.17, 15) is 0 Å². The molecular formula is C17H22N2S. The van der Waals surface area contributed by atoms with Crippen molar-refractivity contribution in [1.82, 2.24) is 4.98 Å². The molecular weight excluding hydrogens is 264 g/mol. The quantitative estimate of drug-likeness (QED) is 0.891. The lowest BCUT2D eigenvalue weighted by molar-refractivity contribution is 0.459. The molecule has 2 N–H and O–H groups in total. The fraction of sp³-hybridized carbons (Fsp3) is 0.471. The Morgan fingerprint density at radius 3 is 2.40 bits per heavy atom. The lowest BCUT2D eigenvalue weighted by Gasteiger charge is -2.19. The van der Waals surface area contributed by atoms with E-state index in [4.69, 9.17) is 10.7 Å². The van der Waals surface area contributed by atoms with E-state index >= 15 is 0 Å². The summed E-state index contributed by atoms with van der Waals surface area (Å²) in [6.07, 6.45) is 4.61. The Morgan fingerprint density at radius 2 is 1.80 bits per heavy atom. The third kappa shape index (κ3) is 2.52. The summed E-state index contributed by atoms with van der Waals surface area (Å²) in [6, 6.07) is 8.75. The summed E-state index contributed by atoms with van der Waals surface area (Å²) in [4.78, 5) is 4.80. The van der Waals surface area contributed by atoms with Crippen LogP contribution in [0.1, 0.15) is 56.0 Å². The molecule has 0 saturated heterocycles. The zero-order valence-electron chi connectivity index (χ0n) is 12.2. The molecule has 0 amide bonds. The predicted octanol–water partition coefficient (Wildman–Crippen LogP) is 4.66. The first-order valence-corrected chi connectivity index (χ1v) is 8.32. The van der Waals surface area contributed by atoms with Gasteiger partial charge in [-0.15, -0.1) is 11.3 Å². The molecule has 106 valence electrons. The van der Waals surface area contributed by atoms with Crippen LogP contribution in [0.5, 0.6) is 0 Å². The molecule has 0 aliphatic heterocycles. The number of rotatable bonds is 3. The zero-order chi connectivity index (χ0) is 14.2. The third-order valence-electron chi connectivity index (χ3n) is 4.30. The normalized spacial score (nSPS) is 17.8. The average Bonchev–Trinajstić information content (AvgIpc) is 3.08. The lowest BCUT2D eigenvalue weighted by Crippen LogP contribution is -2.32. The van der Waals surface area contributed by atoms with E-state index in [0.717, 1.165) is 23.5 Å². The lowest BCUT2D eigenvalue weighted by atomic mass is 10.00. The van der Waals surface area contributed by atoms with E-state index in [-0.39, 0.29) is 5.54 Å². The SMILES string of the molecule is CC(C)c1ccc(-c2csc(C3(N)CCCC3)n2)cc1. The number of thiazole rings is 1. The van der Waals surface area contributed by atoms with Crippen molar-refractivity contribution >= 4 is 11.3 Å². The van der Waals surface area contributed by atoms with Crippen LogP contribution >= 0.6 is 11.3 Å². The van der Waals surface area contributed by atoms with E-state index in [1.54, 1.807) is 11.3 Å². The Labute approximate surface area is 125 Å². The zero-order valence-corrected chi connectivity index (χ0v) is 13.0. The first-order chi connectivity index (χ1) is 9.58. The van der Waals surface area contributed by atoms with Crippen LogP contribution in [0.25, 0.3) is 11.3 Å². The summed E-state index contributed by atoms with van der Waals surface area (Å²) < 4.78 is 0. The monoisotopic (exact) mass is 286 g/mol. The van der Waals surface area contributed by atoms with Crippen LogP contribution in [0.15, 0.2) is 29.6 Å². The minimum absolute atomic E-state index is 0.166. The molecule has 0 atom stereocenters. The van der Waals surface area contributed by atoms with Gasteiger partial charge < -0.3 is 5.73 Å². The third-order valence-corrected chi connectivity index (χ3v) is 5.36. The molecule has 3 rings (SSSR count). The Morgan fingerprint density at radius 1 is 1.15 bits per heavy atom. The summed E-state index contributed by atoms with van der Waals surface area (Å²) in [5.41, 5.74) is 9.95.